The second-order valence-corrected chi connectivity index (χ2v) is 7.22. The van der Waals surface area contributed by atoms with E-state index >= 15 is 0 Å². The molecule has 0 amide bonds. The highest BCUT2D eigenvalue weighted by atomic mass is 19.1. The molecule has 134 valence electrons. The van der Waals surface area contributed by atoms with Crippen LogP contribution < -0.4 is 0 Å². The largest absolute Gasteiger partial charge is 0.380 e. The number of nitrogens with zero attached hydrogens (tertiary/aromatic N) is 1. The average molecular weight is 341 g/mol. The van der Waals surface area contributed by atoms with E-state index in [0.717, 1.165) is 17.2 Å². The highest BCUT2D eigenvalue weighted by Gasteiger charge is 2.22. The van der Waals surface area contributed by atoms with Crippen molar-refractivity contribution in [3.8, 4) is 11.3 Å². The molecule has 2 nitrogen and oxygen atoms in total. The molecule has 0 spiro atoms. The number of hydrogen-bond donors (Lipinski definition) is 0. The molecule has 2 aromatic rings. The fourth-order valence-corrected chi connectivity index (χ4v) is 3.99. The molecular formula is C22H28FNO. The van der Waals surface area contributed by atoms with Crippen molar-refractivity contribution in [2.75, 3.05) is 7.11 Å². The monoisotopic (exact) mass is 341 g/mol. The second-order valence-electron chi connectivity index (χ2n) is 7.22. The van der Waals surface area contributed by atoms with Gasteiger partial charge in [0.2, 0.25) is 0 Å². The van der Waals surface area contributed by atoms with Crippen LogP contribution in [0.5, 0.6) is 0 Å². The van der Waals surface area contributed by atoms with Crippen molar-refractivity contribution >= 4 is 0 Å². The van der Waals surface area contributed by atoms with Crippen LogP contribution in [0.4, 0.5) is 4.39 Å². The van der Waals surface area contributed by atoms with Gasteiger partial charge in [0, 0.05) is 24.4 Å². The van der Waals surface area contributed by atoms with Crippen LogP contribution in [0.2, 0.25) is 0 Å². The zero-order chi connectivity index (χ0) is 17.6. The lowest BCUT2D eigenvalue weighted by Gasteiger charge is -2.28. The van der Waals surface area contributed by atoms with Gasteiger partial charge in [-0.05, 0) is 55.2 Å². The molecule has 0 N–H and O–H groups in total. The fraction of sp³-hybridized carbons (Fsp3) is 0.500. The summed E-state index contributed by atoms with van der Waals surface area (Å²) < 4.78 is 19.1. The lowest BCUT2D eigenvalue weighted by molar-refractivity contribution is 0.181. The van der Waals surface area contributed by atoms with E-state index in [2.05, 4.69) is 18.0 Å². The predicted molar refractivity (Wildman–Crippen MR) is 100.0 cm³/mol. The van der Waals surface area contributed by atoms with E-state index in [0.29, 0.717) is 18.1 Å². The van der Waals surface area contributed by atoms with Crippen molar-refractivity contribution in [3.05, 3.63) is 53.5 Å². The summed E-state index contributed by atoms with van der Waals surface area (Å²) in [6.07, 6.45) is 9.87. The molecular weight excluding hydrogens is 313 g/mol. The van der Waals surface area contributed by atoms with Crippen LogP contribution in [0, 0.1) is 11.7 Å². The maximum absolute atomic E-state index is 14.1. The lowest BCUT2D eigenvalue weighted by Crippen LogP contribution is -2.13. The third-order valence-electron chi connectivity index (χ3n) is 5.45. The Labute approximate surface area is 150 Å². The van der Waals surface area contributed by atoms with E-state index in [4.69, 9.17) is 4.74 Å². The summed E-state index contributed by atoms with van der Waals surface area (Å²) in [6, 6.07) is 9.44. The van der Waals surface area contributed by atoms with Gasteiger partial charge >= 0.3 is 0 Å². The quantitative estimate of drug-likeness (QED) is 0.632. The maximum Gasteiger partial charge on any atom is 0.129 e. The van der Waals surface area contributed by atoms with Crippen molar-refractivity contribution in [1.82, 2.24) is 4.98 Å². The summed E-state index contributed by atoms with van der Waals surface area (Å²) in [4.78, 5) is 4.60. The molecule has 25 heavy (non-hydrogen) atoms. The van der Waals surface area contributed by atoms with E-state index in [1.165, 1.54) is 44.1 Å². The molecule has 1 aromatic heterocycles. The standard InChI is InChI=1S/C22H28FNO/c1-3-4-16-5-7-17(8-6-16)19-11-12-22(24-14-19)18-9-10-20(15-25-2)21(23)13-18/h9-14,16-17H,3-8,15H2,1-2H3/t16-,17-. The van der Waals surface area contributed by atoms with Crippen molar-refractivity contribution in [3.63, 3.8) is 0 Å². The Bertz CT molecular complexity index is 675. The summed E-state index contributed by atoms with van der Waals surface area (Å²) in [5, 5.41) is 0. The van der Waals surface area contributed by atoms with Gasteiger partial charge in [0.05, 0.1) is 12.3 Å². The molecule has 1 heterocycles. The van der Waals surface area contributed by atoms with E-state index in [-0.39, 0.29) is 5.82 Å². The van der Waals surface area contributed by atoms with Crippen LogP contribution in [0.3, 0.4) is 0 Å². The first-order valence-electron chi connectivity index (χ1n) is 9.45. The van der Waals surface area contributed by atoms with Crippen LogP contribution in [-0.4, -0.2) is 12.1 Å². The minimum Gasteiger partial charge on any atom is -0.380 e. The number of ether oxygens (including phenoxy) is 1. The smallest absolute Gasteiger partial charge is 0.129 e. The molecule has 1 aliphatic carbocycles. The molecule has 0 unspecified atom stereocenters. The lowest BCUT2D eigenvalue weighted by atomic mass is 9.77. The van der Waals surface area contributed by atoms with Crippen LogP contribution in [0.15, 0.2) is 36.5 Å². The molecule has 1 saturated carbocycles. The van der Waals surface area contributed by atoms with Gasteiger partial charge in [0.15, 0.2) is 0 Å². The Kier molecular flexibility index (Phi) is 6.19. The summed E-state index contributed by atoms with van der Waals surface area (Å²) in [7, 11) is 1.57. The number of halogens is 1. The van der Waals surface area contributed by atoms with E-state index in [1.807, 2.05) is 18.3 Å². The van der Waals surface area contributed by atoms with Crippen LogP contribution >= 0.6 is 0 Å². The first-order valence-corrected chi connectivity index (χ1v) is 9.45. The average Bonchev–Trinajstić information content (AvgIpc) is 2.65. The van der Waals surface area contributed by atoms with Gasteiger partial charge in [0.25, 0.3) is 0 Å². The number of methoxy groups -OCH3 is 1. The Balaban J connectivity index is 1.67. The normalized spacial score (nSPS) is 20.6. The third kappa shape index (κ3) is 4.46. The van der Waals surface area contributed by atoms with Crippen molar-refractivity contribution < 1.29 is 9.13 Å². The van der Waals surface area contributed by atoms with Crippen molar-refractivity contribution in [2.24, 2.45) is 5.92 Å². The highest BCUT2D eigenvalue weighted by Crippen LogP contribution is 2.37. The highest BCUT2D eigenvalue weighted by molar-refractivity contribution is 5.59. The SMILES string of the molecule is CCC[C@H]1CC[C@H](c2ccc(-c3ccc(COC)c(F)c3)nc2)CC1. The maximum atomic E-state index is 14.1. The third-order valence-corrected chi connectivity index (χ3v) is 5.45. The second kappa shape index (κ2) is 8.57. The molecule has 1 aliphatic rings. The van der Waals surface area contributed by atoms with Crippen LogP contribution in [0.25, 0.3) is 11.3 Å². The molecule has 3 rings (SSSR count). The number of hydrogen-bond acceptors (Lipinski definition) is 2. The Morgan fingerprint density at radius 1 is 1.12 bits per heavy atom. The summed E-state index contributed by atoms with van der Waals surface area (Å²) in [5.41, 5.74) is 3.55. The molecule has 3 heteroatoms. The summed E-state index contributed by atoms with van der Waals surface area (Å²) >= 11 is 0. The van der Waals surface area contributed by atoms with Gasteiger partial charge in [-0.2, -0.15) is 0 Å². The van der Waals surface area contributed by atoms with Gasteiger partial charge < -0.3 is 4.74 Å². The van der Waals surface area contributed by atoms with E-state index in [1.54, 1.807) is 19.2 Å². The molecule has 0 atom stereocenters. The first-order chi connectivity index (χ1) is 12.2. The fourth-order valence-electron chi connectivity index (χ4n) is 3.99. The van der Waals surface area contributed by atoms with Gasteiger partial charge in [-0.25, -0.2) is 4.39 Å². The molecule has 0 bridgehead atoms. The molecule has 1 fully saturated rings. The molecule has 1 aromatic carbocycles. The van der Waals surface area contributed by atoms with Crippen LogP contribution in [-0.2, 0) is 11.3 Å². The topological polar surface area (TPSA) is 22.1 Å². The van der Waals surface area contributed by atoms with Gasteiger partial charge in [-0.3, -0.25) is 4.98 Å². The zero-order valence-electron chi connectivity index (χ0n) is 15.3. The molecule has 0 saturated heterocycles. The first kappa shape index (κ1) is 18.1. The molecule has 0 aliphatic heterocycles. The van der Waals surface area contributed by atoms with E-state index in [9.17, 15) is 4.39 Å². The van der Waals surface area contributed by atoms with Gasteiger partial charge in [-0.15, -0.1) is 0 Å². The number of aromatic nitrogens is 1. The van der Waals surface area contributed by atoms with Gasteiger partial charge in [-0.1, -0.05) is 38.0 Å². The summed E-state index contributed by atoms with van der Waals surface area (Å²) in [5.74, 6) is 1.32. The number of rotatable bonds is 6. The zero-order valence-corrected chi connectivity index (χ0v) is 15.3. The molecule has 0 radical (unpaired) electrons. The summed E-state index contributed by atoms with van der Waals surface area (Å²) in [6.45, 7) is 2.57. The van der Waals surface area contributed by atoms with Crippen LogP contribution in [0.1, 0.15) is 62.5 Å². The number of benzene rings is 1. The Morgan fingerprint density at radius 3 is 2.52 bits per heavy atom. The van der Waals surface area contributed by atoms with Crippen molar-refractivity contribution in [2.45, 2.75) is 58.0 Å². The van der Waals surface area contributed by atoms with Crippen molar-refractivity contribution in [1.29, 1.82) is 0 Å². The van der Waals surface area contributed by atoms with Gasteiger partial charge in [0.1, 0.15) is 5.82 Å². The Hall–Kier alpha value is -1.74. The van der Waals surface area contributed by atoms with E-state index < -0.39 is 0 Å². The Morgan fingerprint density at radius 2 is 1.92 bits per heavy atom. The minimum absolute atomic E-state index is 0.237. The minimum atomic E-state index is -0.237. The predicted octanol–water partition coefficient (Wildman–Crippen LogP) is 6.11. The number of pyridine rings is 1.